The van der Waals surface area contributed by atoms with Crippen molar-refractivity contribution in [2.45, 2.75) is 25.3 Å². The monoisotopic (exact) mass is 522 g/mol. The van der Waals surface area contributed by atoms with Crippen molar-refractivity contribution in [2.75, 3.05) is 0 Å². The van der Waals surface area contributed by atoms with Gasteiger partial charge in [0.1, 0.15) is 5.75 Å². The maximum atomic E-state index is 15.3. The van der Waals surface area contributed by atoms with Gasteiger partial charge in [0.15, 0.2) is 11.6 Å². The van der Waals surface area contributed by atoms with Gasteiger partial charge in [0, 0.05) is 27.8 Å². The van der Waals surface area contributed by atoms with Crippen molar-refractivity contribution in [1.29, 1.82) is 5.26 Å². The Morgan fingerprint density at radius 3 is 2.78 bits per heavy atom. The van der Waals surface area contributed by atoms with Gasteiger partial charge in [0.2, 0.25) is 11.8 Å². The van der Waals surface area contributed by atoms with E-state index in [9.17, 15) is 4.79 Å². The van der Waals surface area contributed by atoms with E-state index in [2.05, 4.69) is 15.5 Å². The molecule has 0 spiro atoms. The molecule has 1 aliphatic carbocycles. The highest BCUT2D eigenvalue weighted by atomic mass is 35.5. The Kier molecular flexibility index (Phi) is 6.59. The SMILES string of the molecule is N#Cc1cc(Cl)cc(Oc2c(Cl)ccc(Cc3nnc(-c4cccc(C(=O)NC5CC5)c4)o3)c2F)c1. The Morgan fingerprint density at radius 2 is 2.00 bits per heavy atom. The highest BCUT2D eigenvalue weighted by Gasteiger charge is 2.24. The zero-order valence-corrected chi connectivity index (χ0v) is 20.1. The van der Waals surface area contributed by atoms with Crippen molar-refractivity contribution in [3.63, 3.8) is 0 Å². The number of aromatic nitrogens is 2. The number of halogens is 3. The molecule has 1 heterocycles. The summed E-state index contributed by atoms with van der Waals surface area (Å²) in [5.74, 6) is -0.535. The number of carbonyl (C=O) groups is 1. The summed E-state index contributed by atoms with van der Waals surface area (Å²) in [6, 6.07) is 16.4. The summed E-state index contributed by atoms with van der Waals surface area (Å²) >= 11 is 12.2. The number of amides is 1. The third-order valence-corrected chi connectivity index (χ3v) is 5.96. The van der Waals surface area contributed by atoms with Gasteiger partial charge in [-0.1, -0.05) is 35.3 Å². The fourth-order valence-corrected chi connectivity index (χ4v) is 3.91. The Labute approximate surface area is 215 Å². The van der Waals surface area contributed by atoms with Crippen LogP contribution in [0.3, 0.4) is 0 Å². The van der Waals surface area contributed by atoms with E-state index in [0.29, 0.717) is 11.1 Å². The molecule has 36 heavy (non-hydrogen) atoms. The van der Waals surface area contributed by atoms with Crippen LogP contribution in [0.5, 0.6) is 11.5 Å². The van der Waals surface area contributed by atoms with Crippen molar-refractivity contribution in [2.24, 2.45) is 0 Å². The number of nitrogens with zero attached hydrogens (tertiary/aromatic N) is 3. The van der Waals surface area contributed by atoms with Gasteiger partial charge in [-0.3, -0.25) is 4.79 Å². The predicted molar refractivity (Wildman–Crippen MR) is 131 cm³/mol. The van der Waals surface area contributed by atoms with E-state index >= 15 is 4.39 Å². The highest BCUT2D eigenvalue weighted by Crippen LogP contribution is 2.36. The molecule has 0 saturated heterocycles. The minimum atomic E-state index is -0.709. The molecule has 0 radical (unpaired) electrons. The standard InChI is InChI=1S/C26H17Cl2FN4O3/c27-18-8-14(13-30)9-20(12-18)35-24-21(28)7-4-15(23(24)29)11-22-32-33-26(36-22)17-3-1-2-16(10-17)25(34)31-19-5-6-19/h1-4,7-10,12,19H,5-6,11H2,(H,31,34). The maximum Gasteiger partial charge on any atom is 0.251 e. The van der Waals surface area contributed by atoms with Crippen LogP contribution in [-0.4, -0.2) is 22.1 Å². The van der Waals surface area contributed by atoms with Gasteiger partial charge in [-0.2, -0.15) is 5.26 Å². The molecule has 1 aliphatic rings. The highest BCUT2D eigenvalue weighted by molar-refractivity contribution is 6.32. The van der Waals surface area contributed by atoms with Gasteiger partial charge in [0.25, 0.3) is 5.91 Å². The Bertz CT molecular complexity index is 1510. The molecule has 1 amide bonds. The summed E-state index contributed by atoms with van der Waals surface area (Å²) in [5, 5.41) is 20.4. The summed E-state index contributed by atoms with van der Waals surface area (Å²) in [6.07, 6.45) is 1.96. The lowest BCUT2D eigenvalue weighted by Crippen LogP contribution is -2.25. The number of hydrogen-bond donors (Lipinski definition) is 1. The zero-order chi connectivity index (χ0) is 25.2. The van der Waals surface area contributed by atoms with Crippen molar-refractivity contribution in [3.05, 3.63) is 93.0 Å². The van der Waals surface area contributed by atoms with Crippen LogP contribution in [0.25, 0.3) is 11.5 Å². The zero-order valence-electron chi connectivity index (χ0n) is 18.6. The van der Waals surface area contributed by atoms with E-state index in [0.717, 1.165) is 12.8 Å². The Morgan fingerprint density at radius 1 is 1.17 bits per heavy atom. The molecular formula is C26H17Cl2FN4O3. The van der Waals surface area contributed by atoms with Gasteiger partial charge in [-0.25, -0.2) is 4.39 Å². The summed E-state index contributed by atoms with van der Waals surface area (Å²) in [7, 11) is 0. The second kappa shape index (κ2) is 9.97. The third kappa shape index (κ3) is 5.33. The lowest BCUT2D eigenvalue weighted by Gasteiger charge is -2.11. The van der Waals surface area contributed by atoms with Crippen LogP contribution in [0.15, 0.2) is 59.0 Å². The molecule has 0 unspecified atom stereocenters. The van der Waals surface area contributed by atoms with Crippen LogP contribution in [0, 0.1) is 17.1 Å². The number of rotatable bonds is 7. The Hall–Kier alpha value is -3.93. The largest absolute Gasteiger partial charge is 0.453 e. The molecule has 0 aliphatic heterocycles. The molecule has 0 atom stereocenters. The van der Waals surface area contributed by atoms with Gasteiger partial charge >= 0.3 is 0 Å². The lowest BCUT2D eigenvalue weighted by molar-refractivity contribution is 0.0951. The van der Waals surface area contributed by atoms with Crippen LogP contribution in [0.1, 0.15) is 40.2 Å². The smallest absolute Gasteiger partial charge is 0.251 e. The molecule has 0 bridgehead atoms. The van der Waals surface area contributed by atoms with Crippen molar-refractivity contribution in [3.8, 4) is 29.0 Å². The minimum absolute atomic E-state index is 0.0206. The second-order valence-electron chi connectivity index (χ2n) is 8.25. The minimum Gasteiger partial charge on any atom is -0.453 e. The normalized spacial score (nSPS) is 12.7. The van der Waals surface area contributed by atoms with Crippen molar-refractivity contribution < 1.29 is 18.3 Å². The van der Waals surface area contributed by atoms with Gasteiger partial charge in [-0.15, -0.1) is 10.2 Å². The number of ether oxygens (including phenoxy) is 1. The second-order valence-corrected chi connectivity index (χ2v) is 9.09. The first-order valence-electron chi connectivity index (χ1n) is 11.0. The van der Waals surface area contributed by atoms with E-state index < -0.39 is 5.82 Å². The van der Waals surface area contributed by atoms with Crippen molar-refractivity contribution >= 4 is 29.1 Å². The van der Waals surface area contributed by atoms with E-state index in [-0.39, 0.29) is 62.8 Å². The van der Waals surface area contributed by atoms with Crippen LogP contribution in [-0.2, 0) is 6.42 Å². The molecule has 4 aromatic rings. The quantitative estimate of drug-likeness (QED) is 0.304. The molecule has 1 aromatic heterocycles. The first-order valence-corrected chi connectivity index (χ1v) is 11.7. The molecule has 1 fully saturated rings. The van der Waals surface area contributed by atoms with Crippen LogP contribution in [0.4, 0.5) is 4.39 Å². The van der Waals surface area contributed by atoms with E-state index in [1.54, 1.807) is 24.3 Å². The van der Waals surface area contributed by atoms with Gasteiger partial charge < -0.3 is 14.5 Å². The van der Waals surface area contributed by atoms with Crippen LogP contribution >= 0.6 is 23.2 Å². The molecule has 5 rings (SSSR count). The predicted octanol–water partition coefficient (Wildman–Crippen LogP) is 6.33. The number of nitrogens with one attached hydrogen (secondary N) is 1. The summed E-state index contributed by atoms with van der Waals surface area (Å²) in [4.78, 5) is 12.3. The number of hydrogen-bond acceptors (Lipinski definition) is 6. The molecular weight excluding hydrogens is 506 g/mol. The third-order valence-electron chi connectivity index (χ3n) is 5.44. The first-order chi connectivity index (χ1) is 17.4. The van der Waals surface area contributed by atoms with E-state index in [1.807, 2.05) is 6.07 Å². The molecule has 1 N–H and O–H groups in total. The summed E-state index contributed by atoms with van der Waals surface area (Å²) in [5.41, 5.74) is 1.54. The molecule has 1 saturated carbocycles. The number of benzene rings is 3. The van der Waals surface area contributed by atoms with Crippen LogP contribution < -0.4 is 10.1 Å². The average Bonchev–Trinajstić information content (AvgIpc) is 3.56. The Balaban J connectivity index is 1.36. The fourth-order valence-electron chi connectivity index (χ4n) is 3.50. The van der Waals surface area contributed by atoms with Gasteiger partial charge in [0.05, 0.1) is 23.1 Å². The lowest BCUT2D eigenvalue weighted by atomic mass is 10.1. The number of nitriles is 1. The van der Waals surface area contributed by atoms with Crippen LogP contribution in [0.2, 0.25) is 10.0 Å². The molecule has 3 aromatic carbocycles. The van der Waals surface area contributed by atoms with E-state index in [4.69, 9.17) is 37.6 Å². The van der Waals surface area contributed by atoms with Crippen molar-refractivity contribution in [1.82, 2.24) is 15.5 Å². The summed E-state index contributed by atoms with van der Waals surface area (Å²) in [6.45, 7) is 0. The van der Waals surface area contributed by atoms with Gasteiger partial charge in [-0.05, 0) is 55.3 Å². The summed E-state index contributed by atoms with van der Waals surface area (Å²) < 4.78 is 26.7. The number of carbonyl (C=O) groups excluding carboxylic acids is 1. The first kappa shape index (κ1) is 23.8. The molecule has 7 nitrogen and oxygen atoms in total. The molecule has 10 heteroatoms. The average molecular weight is 523 g/mol. The molecule has 180 valence electrons. The van der Waals surface area contributed by atoms with E-state index in [1.165, 1.54) is 30.3 Å². The topological polar surface area (TPSA) is 101 Å². The maximum absolute atomic E-state index is 15.3. The fraction of sp³-hybridized carbons (Fsp3) is 0.154.